The average Bonchev–Trinajstić information content (AvgIpc) is 2.38. The number of nitrogen functional groups attached to an aromatic ring is 1. The van der Waals surface area contributed by atoms with Crippen LogP contribution < -0.4 is 16.0 Å². The van der Waals surface area contributed by atoms with Crippen LogP contribution in [-0.2, 0) is 4.79 Å². The van der Waals surface area contributed by atoms with Crippen LogP contribution >= 0.6 is 0 Å². The molecule has 0 heterocycles. The number of benzene rings is 1. The highest BCUT2D eigenvalue weighted by atomic mass is 19.1. The monoisotopic (exact) mass is 297 g/mol. The number of amides is 1. The van der Waals surface area contributed by atoms with E-state index in [1.54, 1.807) is 7.05 Å². The first-order valence-electron chi connectivity index (χ1n) is 6.52. The Kier molecular flexibility index (Phi) is 5.52. The van der Waals surface area contributed by atoms with Gasteiger partial charge in [-0.1, -0.05) is 13.8 Å². The van der Waals surface area contributed by atoms with E-state index in [2.05, 4.69) is 5.32 Å². The summed E-state index contributed by atoms with van der Waals surface area (Å²) in [6, 6.07) is 2.07. The van der Waals surface area contributed by atoms with Gasteiger partial charge in [0.05, 0.1) is 23.5 Å². The van der Waals surface area contributed by atoms with Crippen LogP contribution in [0, 0.1) is 11.7 Å². The molecule has 6 nitrogen and oxygen atoms in total. The second-order valence-corrected chi connectivity index (χ2v) is 5.25. The summed E-state index contributed by atoms with van der Waals surface area (Å²) in [5.41, 5.74) is 5.61. The van der Waals surface area contributed by atoms with Gasteiger partial charge in [0.25, 0.3) is 0 Å². The van der Waals surface area contributed by atoms with E-state index < -0.39 is 17.3 Å². The number of aromatic carboxylic acids is 1. The zero-order valence-corrected chi connectivity index (χ0v) is 12.3. The summed E-state index contributed by atoms with van der Waals surface area (Å²) < 4.78 is 13.7. The van der Waals surface area contributed by atoms with Gasteiger partial charge in [-0.05, 0) is 12.0 Å². The van der Waals surface area contributed by atoms with Crippen LogP contribution in [0.15, 0.2) is 12.1 Å². The highest BCUT2D eigenvalue weighted by Crippen LogP contribution is 2.25. The van der Waals surface area contributed by atoms with Gasteiger partial charge in [-0.15, -0.1) is 0 Å². The van der Waals surface area contributed by atoms with Crippen molar-refractivity contribution in [3.63, 3.8) is 0 Å². The second kappa shape index (κ2) is 6.92. The topological polar surface area (TPSA) is 95.7 Å². The Labute approximate surface area is 122 Å². The van der Waals surface area contributed by atoms with Crippen LogP contribution in [0.1, 0.15) is 24.2 Å². The number of nitrogens with one attached hydrogen (secondary N) is 1. The zero-order valence-electron chi connectivity index (χ0n) is 12.3. The van der Waals surface area contributed by atoms with Crippen LogP contribution in [0.25, 0.3) is 0 Å². The molecule has 0 atom stereocenters. The number of carbonyl (C=O) groups excluding carboxylic acids is 1. The highest BCUT2D eigenvalue weighted by Gasteiger charge is 2.17. The number of carboxylic acids is 1. The first-order chi connectivity index (χ1) is 9.72. The highest BCUT2D eigenvalue weighted by molar-refractivity contribution is 5.91. The van der Waals surface area contributed by atoms with Gasteiger partial charge < -0.3 is 21.1 Å². The van der Waals surface area contributed by atoms with Crippen molar-refractivity contribution in [3.8, 4) is 0 Å². The normalized spacial score (nSPS) is 10.5. The van der Waals surface area contributed by atoms with Crippen molar-refractivity contribution in [2.24, 2.45) is 5.92 Å². The molecule has 1 aromatic carbocycles. The number of hydrogen-bond donors (Lipinski definition) is 3. The minimum Gasteiger partial charge on any atom is -0.478 e. The lowest BCUT2D eigenvalue weighted by atomic mass is 10.1. The summed E-state index contributed by atoms with van der Waals surface area (Å²) in [5, 5.41) is 11.6. The molecule has 0 aliphatic heterocycles. The molecular weight excluding hydrogens is 277 g/mol. The third-order valence-electron chi connectivity index (χ3n) is 2.85. The van der Waals surface area contributed by atoms with Crippen molar-refractivity contribution in [1.29, 1.82) is 0 Å². The van der Waals surface area contributed by atoms with E-state index >= 15 is 0 Å². The predicted molar refractivity (Wildman–Crippen MR) is 78.9 cm³/mol. The van der Waals surface area contributed by atoms with Gasteiger partial charge in [-0.25, -0.2) is 9.18 Å². The molecule has 1 rings (SSSR count). The van der Waals surface area contributed by atoms with Gasteiger partial charge in [0.2, 0.25) is 5.91 Å². The molecule has 0 unspecified atom stereocenters. The number of likely N-dealkylation sites (N-methyl/N-ethyl adjacent to an activating group) is 1. The van der Waals surface area contributed by atoms with Crippen LogP contribution in [0.3, 0.4) is 0 Å². The van der Waals surface area contributed by atoms with Gasteiger partial charge in [-0.3, -0.25) is 4.79 Å². The number of carboxylic acid groups (broad SMARTS) is 1. The van der Waals surface area contributed by atoms with Crippen molar-refractivity contribution < 1.29 is 19.1 Å². The molecule has 0 saturated carbocycles. The standard InChI is InChI=1S/C14H20FN3O3/c1-8(2)6-17-13(19)7-18(3)12-5-10(15)9(14(20)21)4-11(12)16/h4-5,8H,6-7,16H2,1-3H3,(H,17,19)(H,20,21). The fourth-order valence-electron chi connectivity index (χ4n) is 1.75. The summed E-state index contributed by atoms with van der Waals surface area (Å²) in [6.45, 7) is 4.50. The molecule has 0 bridgehead atoms. The van der Waals surface area contributed by atoms with Gasteiger partial charge in [0.1, 0.15) is 5.82 Å². The summed E-state index contributed by atoms with van der Waals surface area (Å²) >= 11 is 0. The maximum absolute atomic E-state index is 13.7. The molecule has 1 aromatic rings. The van der Waals surface area contributed by atoms with Gasteiger partial charge in [0.15, 0.2) is 0 Å². The first kappa shape index (κ1) is 16.7. The van der Waals surface area contributed by atoms with Gasteiger partial charge in [-0.2, -0.15) is 0 Å². The zero-order chi connectivity index (χ0) is 16.2. The van der Waals surface area contributed by atoms with Crippen LogP contribution in [0.5, 0.6) is 0 Å². The van der Waals surface area contributed by atoms with E-state index in [0.717, 1.165) is 12.1 Å². The van der Waals surface area contributed by atoms with Crippen molar-refractivity contribution in [2.75, 3.05) is 30.8 Å². The number of nitrogens with zero attached hydrogens (tertiary/aromatic N) is 1. The van der Waals surface area contributed by atoms with Crippen LogP contribution in [-0.4, -0.2) is 37.1 Å². The molecule has 0 saturated heterocycles. The Hall–Kier alpha value is -2.31. The summed E-state index contributed by atoms with van der Waals surface area (Å²) in [5.74, 6) is -2.16. The number of halogens is 1. The van der Waals surface area contributed by atoms with Gasteiger partial charge >= 0.3 is 5.97 Å². The fraction of sp³-hybridized carbons (Fsp3) is 0.429. The van der Waals surface area contributed by atoms with Crippen molar-refractivity contribution in [3.05, 3.63) is 23.5 Å². The Bertz CT molecular complexity index is 547. The van der Waals surface area contributed by atoms with Crippen molar-refractivity contribution in [1.82, 2.24) is 5.32 Å². The number of anilines is 2. The molecular formula is C14H20FN3O3. The minimum absolute atomic E-state index is 0.00276. The lowest BCUT2D eigenvalue weighted by Crippen LogP contribution is -2.37. The Morgan fingerprint density at radius 2 is 2.05 bits per heavy atom. The Morgan fingerprint density at radius 3 is 2.57 bits per heavy atom. The summed E-state index contributed by atoms with van der Waals surface area (Å²) in [4.78, 5) is 24.0. The first-order valence-corrected chi connectivity index (χ1v) is 6.52. The molecule has 116 valence electrons. The SMILES string of the molecule is CC(C)CNC(=O)CN(C)c1cc(F)c(C(=O)O)cc1N. The maximum Gasteiger partial charge on any atom is 0.338 e. The van der Waals surface area contributed by atoms with E-state index in [1.165, 1.54) is 4.90 Å². The lowest BCUT2D eigenvalue weighted by molar-refractivity contribution is -0.119. The van der Waals surface area contributed by atoms with E-state index in [4.69, 9.17) is 10.8 Å². The van der Waals surface area contributed by atoms with E-state index in [1.807, 2.05) is 13.8 Å². The molecule has 0 fully saturated rings. The smallest absolute Gasteiger partial charge is 0.338 e. The minimum atomic E-state index is -1.39. The number of hydrogen-bond acceptors (Lipinski definition) is 4. The molecule has 0 aliphatic rings. The summed E-state index contributed by atoms with van der Waals surface area (Å²) in [6.07, 6.45) is 0. The van der Waals surface area contributed by atoms with E-state index in [9.17, 15) is 14.0 Å². The molecule has 7 heteroatoms. The van der Waals surface area contributed by atoms with Crippen LogP contribution in [0.4, 0.5) is 15.8 Å². The fourth-order valence-corrected chi connectivity index (χ4v) is 1.75. The van der Waals surface area contributed by atoms with Crippen LogP contribution in [0.2, 0.25) is 0 Å². The Balaban J connectivity index is 2.83. The Morgan fingerprint density at radius 1 is 1.43 bits per heavy atom. The number of carbonyl (C=O) groups is 2. The molecule has 0 aromatic heterocycles. The second-order valence-electron chi connectivity index (χ2n) is 5.25. The quantitative estimate of drug-likeness (QED) is 0.688. The molecule has 1 amide bonds. The molecule has 21 heavy (non-hydrogen) atoms. The van der Waals surface area contributed by atoms with Gasteiger partial charge in [0, 0.05) is 19.7 Å². The average molecular weight is 297 g/mol. The predicted octanol–water partition coefficient (Wildman–Crippen LogP) is 1.31. The van der Waals surface area contributed by atoms with Crippen molar-refractivity contribution >= 4 is 23.3 Å². The summed E-state index contributed by atoms with van der Waals surface area (Å²) in [7, 11) is 1.58. The molecule has 0 aliphatic carbocycles. The van der Waals surface area contributed by atoms with E-state index in [0.29, 0.717) is 12.5 Å². The number of nitrogens with two attached hydrogens (primary N) is 1. The molecule has 0 spiro atoms. The maximum atomic E-state index is 13.7. The number of rotatable bonds is 6. The largest absolute Gasteiger partial charge is 0.478 e. The van der Waals surface area contributed by atoms with E-state index in [-0.39, 0.29) is 23.8 Å². The van der Waals surface area contributed by atoms with Crippen molar-refractivity contribution in [2.45, 2.75) is 13.8 Å². The lowest BCUT2D eigenvalue weighted by Gasteiger charge is -2.21. The third kappa shape index (κ3) is 4.62. The molecule has 0 radical (unpaired) electrons. The molecule has 4 N–H and O–H groups in total. The third-order valence-corrected chi connectivity index (χ3v) is 2.85.